The first-order valence-electron chi connectivity index (χ1n) is 11.6. The van der Waals surface area contributed by atoms with Crippen molar-refractivity contribution < 1.29 is 8.42 Å². The van der Waals surface area contributed by atoms with E-state index in [-0.39, 0.29) is 15.8 Å². The Balaban J connectivity index is 1.36. The van der Waals surface area contributed by atoms with Crippen LogP contribution in [0.15, 0.2) is 59.9 Å². The van der Waals surface area contributed by atoms with Gasteiger partial charge < -0.3 is 5.32 Å². The number of aromatic nitrogens is 4. The molecule has 1 aliphatic rings. The summed E-state index contributed by atoms with van der Waals surface area (Å²) in [6, 6.07) is 11.0. The zero-order valence-corrected chi connectivity index (χ0v) is 21.2. The van der Waals surface area contributed by atoms with E-state index >= 15 is 0 Å². The molecule has 10 heteroatoms. The molecule has 1 N–H and O–H groups in total. The van der Waals surface area contributed by atoms with Crippen LogP contribution in [0.3, 0.4) is 0 Å². The summed E-state index contributed by atoms with van der Waals surface area (Å²) in [5, 5.41) is 8.21. The number of nitrogens with zero attached hydrogens (tertiary/aromatic N) is 5. The van der Waals surface area contributed by atoms with Gasteiger partial charge in [-0.3, -0.25) is 4.98 Å². The third kappa shape index (κ3) is 4.76. The van der Waals surface area contributed by atoms with E-state index in [2.05, 4.69) is 15.4 Å². The van der Waals surface area contributed by atoms with Crippen LogP contribution in [-0.4, -0.2) is 45.4 Å². The van der Waals surface area contributed by atoms with Gasteiger partial charge in [0.25, 0.3) is 0 Å². The van der Waals surface area contributed by atoms with Crippen LogP contribution in [0.1, 0.15) is 41.1 Å². The number of hydrogen-bond donors (Lipinski definition) is 1. The summed E-state index contributed by atoms with van der Waals surface area (Å²) < 4.78 is 29.8. The van der Waals surface area contributed by atoms with Crippen LogP contribution in [-0.2, 0) is 16.6 Å². The van der Waals surface area contributed by atoms with Crippen molar-refractivity contribution in [2.24, 2.45) is 0 Å². The van der Waals surface area contributed by atoms with Crippen LogP contribution in [0, 0.1) is 13.8 Å². The van der Waals surface area contributed by atoms with E-state index in [1.807, 2.05) is 49.0 Å². The molecular formula is C25H27ClN6O2S. The second kappa shape index (κ2) is 9.56. The Labute approximate surface area is 210 Å². The molecule has 4 aromatic rings. The van der Waals surface area contributed by atoms with Gasteiger partial charge in [-0.15, -0.1) is 0 Å². The van der Waals surface area contributed by atoms with Crippen LogP contribution < -0.4 is 5.32 Å². The van der Waals surface area contributed by atoms with E-state index in [0.29, 0.717) is 32.5 Å². The Bertz CT molecular complexity index is 1460. The lowest BCUT2D eigenvalue weighted by Gasteiger charge is -2.31. The normalized spacial score (nSPS) is 15.5. The van der Waals surface area contributed by atoms with E-state index < -0.39 is 10.0 Å². The number of nitrogens with one attached hydrogen (secondary N) is 1. The minimum atomic E-state index is -3.65. The van der Waals surface area contributed by atoms with Crippen molar-refractivity contribution >= 4 is 33.1 Å². The monoisotopic (exact) mass is 510 g/mol. The fraction of sp³-hybridized carbons (Fsp3) is 0.320. The minimum Gasteiger partial charge on any atom is -0.366 e. The van der Waals surface area contributed by atoms with Gasteiger partial charge in [-0.2, -0.15) is 13.9 Å². The zero-order chi connectivity index (χ0) is 24.6. The number of rotatable bonds is 6. The van der Waals surface area contributed by atoms with E-state index in [4.69, 9.17) is 16.6 Å². The topological polar surface area (TPSA) is 92.5 Å². The lowest BCUT2D eigenvalue weighted by atomic mass is 9.94. The predicted octanol–water partition coefficient (Wildman–Crippen LogP) is 4.57. The highest BCUT2D eigenvalue weighted by Gasteiger charge is 2.32. The molecule has 0 atom stereocenters. The number of fused-ring (bicyclic) bond motifs is 1. The van der Waals surface area contributed by atoms with Crippen LogP contribution in [0.2, 0.25) is 5.02 Å². The molecule has 3 aromatic heterocycles. The van der Waals surface area contributed by atoms with Crippen LogP contribution in [0.4, 0.5) is 5.82 Å². The van der Waals surface area contributed by atoms with Gasteiger partial charge in [0.2, 0.25) is 10.0 Å². The van der Waals surface area contributed by atoms with Gasteiger partial charge in [-0.25, -0.2) is 13.4 Å². The Morgan fingerprint density at radius 3 is 2.63 bits per heavy atom. The number of anilines is 1. The van der Waals surface area contributed by atoms with Gasteiger partial charge in [0.15, 0.2) is 5.65 Å². The van der Waals surface area contributed by atoms with E-state index in [1.54, 1.807) is 24.4 Å². The average Bonchev–Trinajstić information content (AvgIpc) is 3.24. The molecule has 0 aliphatic carbocycles. The first-order valence-corrected chi connectivity index (χ1v) is 13.4. The summed E-state index contributed by atoms with van der Waals surface area (Å²) >= 11 is 6.27. The molecule has 0 radical (unpaired) electrons. The van der Waals surface area contributed by atoms with Gasteiger partial charge in [0, 0.05) is 55.3 Å². The van der Waals surface area contributed by atoms with Crippen molar-refractivity contribution in [3.63, 3.8) is 0 Å². The van der Waals surface area contributed by atoms with E-state index in [1.165, 1.54) is 4.31 Å². The molecule has 0 amide bonds. The van der Waals surface area contributed by atoms with Gasteiger partial charge in [-0.05, 0) is 56.0 Å². The van der Waals surface area contributed by atoms with Crippen molar-refractivity contribution in [2.45, 2.75) is 44.0 Å². The van der Waals surface area contributed by atoms with Crippen LogP contribution in [0.5, 0.6) is 0 Å². The predicted molar refractivity (Wildman–Crippen MR) is 136 cm³/mol. The van der Waals surface area contributed by atoms with Crippen LogP contribution >= 0.6 is 11.6 Å². The third-order valence-electron chi connectivity index (χ3n) is 6.44. The highest BCUT2D eigenvalue weighted by Crippen LogP contribution is 2.33. The summed E-state index contributed by atoms with van der Waals surface area (Å²) in [6.07, 6.45) is 6.75. The van der Waals surface area contributed by atoms with Crippen molar-refractivity contribution in [3.05, 3.63) is 82.4 Å². The van der Waals surface area contributed by atoms with Gasteiger partial charge in [0.1, 0.15) is 10.7 Å². The molecule has 5 rings (SSSR count). The smallest absolute Gasteiger partial charge is 0.244 e. The summed E-state index contributed by atoms with van der Waals surface area (Å²) in [7, 11) is -3.65. The highest BCUT2D eigenvalue weighted by molar-refractivity contribution is 7.89. The van der Waals surface area contributed by atoms with Crippen molar-refractivity contribution in [1.82, 2.24) is 23.9 Å². The number of benzene rings is 1. The molecule has 0 spiro atoms. The maximum atomic E-state index is 13.2. The number of halogens is 1. The molecule has 35 heavy (non-hydrogen) atoms. The van der Waals surface area contributed by atoms with Gasteiger partial charge in [0.05, 0.1) is 11.2 Å². The van der Waals surface area contributed by atoms with Crippen molar-refractivity contribution in [2.75, 3.05) is 18.4 Å². The first kappa shape index (κ1) is 23.7. The minimum absolute atomic E-state index is 0.146. The molecule has 1 aliphatic heterocycles. The van der Waals surface area contributed by atoms with Crippen LogP contribution in [0.25, 0.3) is 5.65 Å². The first-order chi connectivity index (χ1) is 16.8. The number of piperidine rings is 1. The molecule has 1 aromatic carbocycles. The summed E-state index contributed by atoms with van der Waals surface area (Å²) in [5.41, 5.74) is 4.73. The maximum absolute atomic E-state index is 13.2. The molecule has 182 valence electrons. The molecule has 0 bridgehead atoms. The third-order valence-corrected chi connectivity index (χ3v) is 8.82. The molecule has 8 nitrogen and oxygen atoms in total. The SMILES string of the molecule is Cc1ccc(S(=O)(=O)N2CCC(c3cc(NCc4cccnc4)n4ncc(C)c4n3)CC2)c(Cl)c1. The zero-order valence-electron chi connectivity index (χ0n) is 19.6. The van der Waals surface area contributed by atoms with Gasteiger partial charge >= 0.3 is 0 Å². The number of pyridine rings is 1. The number of hydrogen-bond acceptors (Lipinski definition) is 6. The molecule has 1 fully saturated rings. The number of sulfonamides is 1. The largest absolute Gasteiger partial charge is 0.366 e. The summed E-state index contributed by atoms with van der Waals surface area (Å²) in [4.78, 5) is 9.24. The Morgan fingerprint density at radius 2 is 1.91 bits per heavy atom. The second-order valence-corrected chi connectivity index (χ2v) is 11.3. The Morgan fingerprint density at radius 1 is 1.11 bits per heavy atom. The highest BCUT2D eigenvalue weighted by atomic mass is 35.5. The molecule has 1 saturated heterocycles. The quantitative estimate of drug-likeness (QED) is 0.408. The maximum Gasteiger partial charge on any atom is 0.244 e. The number of aryl methyl sites for hydroxylation is 2. The summed E-state index contributed by atoms with van der Waals surface area (Å²) in [5.74, 6) is 0.997. The lowest BCUT2D eigenvalue weighted by molar-refractivity contribution is 0.317. The molecular weight excluding hydrogens is 484 g/mol. The van der Waals surface area contributed by atoms with E-state index in [0.717, 1.165) is 33.8 Å². The van der Waals surface area contributed by atoms with E-state index in [9.17, 15) is 8.42 Å². The van der Waals surface area contributed by atoms with Crippen molar-refractivity contribution in [3.8, 4) is 0 Å². The molecule has 4 heterocycles. The molecule has 0 unspecified atom stereocenters. The fourth-order valence-corrected chi connectivity index (χ4v) is 6.51. The standard InChI is InChI=1S/C25H27ClN6O2S/c1-17-5-6-23(21(26)12-17)35(33,34)31-10-7-20(8-11-31)22-13-24(28-16-19-4-3-9-27-15-19)32-25(30-22)18(2)14-29-32/h3-6,9,12-15,20,28H,7-8,10-11,16H2,1-2H3. The molecule has 0 saturated carbocycles. The Kier molecular flexibility index (Phi) is 6.48. The van der Waals surface area contributed by atoms with Crippen molar-refractivity contribution in [1.29, 1.82) is 0 Å². The summed E-state index contributed by atoms with van der Waals surface area (Å²) in [6.45, 7) is 5.32. The Hall–Kier alpha value is -3.01. The fourth-order valence-electron chi connectivity index (χ4n) is 4.47. The second-order valence-electron chi connectivity index (χ2n) is 8.96. The lowest BCUT2D eigenvalue weighted by Crippen LogP contribution is -2.38. The average molecular weight is 511 g/mol. The van der Waals surface area contributed by atoms with Gasteiger partial charge in [-0.1, -0.05) is 23.7 Å².